The van der Waals surface area contributed by atoms with Crippen molar-refractivity contribution in [3.05, 3.63) is 29.8 Å². The summed E-state index contributed by atoms with van der Waals surface area (Å²) < 4.78 is 10.7. The Morgan fingerprint density at radius 1 is 1.31 bits per heavy atom. The Balaban J connectivity index is 1.97. The number of ether oxygens (including phenoxy) is 2. The fourth-order valence-electron chi connectivity index (χ4n) is 1.56. The van der Waals surface area contributed by atoms with E-state index in [0.717, 1.165) is 18.8 Å². The van der Waals surface area contributed by atoms with E-state index in [9.17, 15) is 0 Å². The highest BCUT2D eigenvalue weighted by molar-refractivity contribution is 5.31. The minimum Gasteiger partial charge on any atom is -0.491 e. The molecule has 0 amide bonds. The summed E-state index contributed by atoms with van der Waals surface area (Å²) in [5, 5.41) is 0. The van der Waals surface area contributed by atoms with Gasteiger partial charge in [0, 0.05) is 0 Å². The molecule has 0 radical (unpaired) electrons. The van der Waals surface area contributed by atoms with Crippen molar-refractivity contribution in [1.29, 1.82) is 0 Å². The van der Waals surface area contributed by atoms with Crippen molar-refractivity contribution in [2.75, 3.05) is 13.2 Å². The maximum Gasteiger partial charge on any atom is 0.119 e. The first-order valence-electron chi connectivity index (χ1n) is 5.97. The predicted molar refractivity (Wildman–Crippen MR) is 65.0 cm³/mol. The Kier molecular flexibility index (Phi) is 3.20. The lowest BCUT2D eigenvalue weighted by Crippen LogP contribution is -2.15. The van der Waals surface area contributed by atoms with Crippen LogP contribution in [0.1, 0.15) is 32.8 Å². The molecule has 1 aliphatic heterocycles. The molecule has 0 saturated carbocycles. The first-order valence-corrected chi connectivity index (χ1v) is 5.97. The number of hydrogen-bond donors (Lipinski definition) is 0. The van der Waals surface area contributed by atoms with Gasteiger partial charge in [0.05, 0.1) is 6.61 Å². The minimum absolute atomic E-state index is 0.248. The topological polar surface area (TPSA) is 21.8 Å². The van der Waals surface area contributed by atoms with E-state index in [1.165, 1.54) is 5.56 Å². The third-order valence-corrected chi connectivity index (χ3v) is 3.36. The van der Waals surface area contributed by atoms with Gasteiger partial charge in [0.15, 0.2) is 0 Å². The van der Waals surface area contributed by atoms with Gasteiger partial charge in [-0.15, -0.1) is 0 Å². The summed E-state index contributed by atoms with van der Waals surface area (Å²) >= 11 is 0. The van der Waals surface area contributed by atoms with Gasteiger partial charge < -0.3 is 9.47 Å². The molecule has 0 spiro atoms. The normalized spacial score (nSPS) is 19.6. The van der Waals surface area contributed by atoms with Crippen LogP contribution in [0.5, 0.6) is 5.75 Å². The van der Waals surface area contributed by atoms with Gasteiger partial charge in [-0.25, -0.2) is 0 Å². The number of rotatable bonds is 5. The second kappa shape index (κ2) is 4.46. The van der Waals surface area contributed by atoms with Crippen LogP contribution in [0, 0.1) is 0 Å². The standard InChI is InChI=1S/C14H20O2/c1-4-14(2,3)11-5-7-12(8-6-11)15-9-13-10-16-13/h5-8,13H,4,9-10H2,1-3H3/t13-/m0/s1. The van der Waals surface area contributed by atoms with Crippen LogP contribution in [-0.2, 0) is 10.2 Å². The molecule has 2 heteroatoms. The number of hydrogen-bond acceptors (Lipinski definition) is 2. The molecule has 2 rings (SSSR count). The second-order valence-corrected chi connectivity index (χ2v) is 5.03. The van der Waals surface area contributed by atoms with Crippen LogP contribution in [-0.4, -0.2) is 19.3 Å². The molecule has 1 aromatic rings. The lowest BCUT2D eigenvalue weighted by atomic mass is 9.82. The maximum atomic E-state index is 5.61. The van der Waals surface area contributed by atoms with Crippen LogP contribution in [0.3, 0.4) is 0 Å². The Morgan fingerprint density at radius 2 is 1.94 bits per heavy atom. The van der Waals surface area contributed by atoms with Crippen LogP contribution < -0.4 is 4.74 Å². The smallest absolute Gasteiger partial charge is 0.119 e. The van der Waals surface area contributed by atoms with E-state index in [-0.39, 0.29) is 5.41 Å². The molecule has 2 nitrogen and oxygen atoms in total. The van der Waals surface area contributed by atoms with Crippen molar-refractivity contribution < 1.29 is 9.47 Å². The van der Waals surface area contributed by atoms with Gasteiger partial charge in [-0.2, -0.15) is 0 Å². The molecule has 1 heterocycles. The van der Waals surface area contributed by atoms with Gasteiger partial charge in [-0.1, -0.05) is 32.9 Å². The molecule has 1 fully saturated rings. The molecular formula is C14H20O2. The van der Waals surface area contributed by atoms with E-state index in [0.29, 0.717) is 12.7 Å². The number of epoxide rings is 1. The first kappa shape index (κ1) is 11.5. The van der Waals surface area contributed by atoms with E-state index in [1.54, 1.807) is 0 Å². The summed E-state index contributed by atoms with van der Waals surface area (Å²) in [4.78, 5) is 0. The molecule has 0 N–H and O–H groups in total. The maximum absolute atomic E-state index is 5.61. The van der Waals surface area contributed by atoms with Gasteiger partial charge >= 0.3 is 0 Å². The summed E-state index contributed by atoms with van der Waals surface area (Å²) in [7, 11) is 0. The molecule has 88 valence electrons. The third kappa shape index (κ3) is 2.76. The van der Waals surface area contributed by atoms with E-state index >= 15 is 0 Å². The van der Waals surface area contributed by atoms with Gasteiger partial charge in [-0.05, 0) is 29.5 Å². The average molecular weight is 220 g/mol. The molecule has 1 aliphatic rings. The third-order valence-electron chi connectivity index (χ3n) is 3.36. The largest absolute Gasteiger partial charge is 0.491 e. The van der Waals surface area contributed by atoms with E-state index in [2.05, 4.69) is 45.0 Å². The lowest BCUT2D eigenvalue weighted by Gasteiger charge is -2.23. The van der Waals surface area contributed by atoms with Crippen LogP contribution >= 0.6 is 0 Å². The minimum atomic E-state index is 0.248. The molecule has 0 unspecified atom stereocenters. The van der Waals surface area contributed by atoms with E-state index in [1.807, 2.05) is 0 Å². The first-order chi connectivity index (χ1) is 7.62. The molecule has 1 saturated heterocycles. The average Bonchev–Trinajstić information content (AvgIpc) is 3.11. The highest BCUT2D eigenvalue weighted by Gasteiger charge is 2.23. The van der Waals surface area contributed by atoms with Gasteiger partial charge in [0.1, 0.15) is 18.5 Å². The van der Waals surface area contributed by atoms with Crippen LogP contribution in [0.25, 0.3) is 0 Å². The quantitative estimate of drug-likeness (QED) is 0.711. The predicted octanol–water partition coefficient (Wildman–Crippen LogP) is 3.15. The molecule has 0 aliphatic carbocycles. The zero-order valence-electron chi connectivity index (χ0n) is 10.3. The fourth-order valence-corrected chi connectivity index (χ4v) is 1.56. The highest BCUT2D eigenvalue weighted by atomic mass is 16.6. The Bertz CT molecular complexity index is 336. The second-order valence-electron chi connectivity index (χ2n) is 5.03. The van der Waals surface area contributed by atoms with Crippen LogP contribution in [0.2, 0.25) is 0 Å². The number of benzene rings is 1. The van der Waals surface area contributed by atoms with Crippen LogP contribution in [0.15, 0.2) is 24.3 Å². The van der Waals surface area contributed by atoms with Gasteiger partial charge in [-0.3, -0.25) is 0 Å². The lowest BCUT2D eigenvalue weighted by molar-refractivity contribution is 0.263. The summed E-state index contributed by atoms with van der Waals surface area (Å²) in [5.41, 5.74) is 1.61. The fraction of sp³-hybridized carbons (Fsp3) is 0.571. The molecule has 16 heavy (non-hydrogen) atoms. The SMILES string of the molecule is CCC(C)(C)c1ccc(OC[C@H]2CO2)cc1. The van der Waals surface area contributed by atoms with Crippen molar-refractivity contribution in [1.82, 2.24) is 0 Å². The highest BCUT2D eigenvalue weighted by Crippen LogP contribution is 2.28. The Labute approximate surface area is 97.6 Å². The molecule has 0 bridgehead atoms. The van der Waals surface area contributed by atoms with Crippen molar-refractivity contribution >= 4 is 0 Å². The monoisotopic (exact) mass is 220 g/mol. The van der Waals surface area contributed by atoms with Crippen molar-refractivity contribution in [3.8, 4) is 5.75 Å². The van der Waals surface area contributed by atoms with E-state index in [4.69, 9.17) is 9.47 Å². The Morgan fingerprint density at radius 3 is 2.44 bits per heavy atom. The summed E-state index contributed by atoms with van der Waals surface area (Å²) in [5.74, 6) is 0.936. The zero-order chi connectivity index (χ0) is 11.6. The van der Waals surface area contributed by atoms with Crippen molar-refractivity contribution in [2.45, 2.75) is 38.7 Å². The van der Waals surface area contributed by atoms with Crippen LogP contribution in [0.4, 0.5) is 0 Å². The molecular weight excluding hydrogens is 200 g/mol. The summed E-state index contributed by atoms with van der Waals surface area (Å²) in [6.07, 6.45) is 1.47. The van der Waals surface area contributed by atoms with Gasteiger partial charge in [0.25, 0.3) is 0 Å². The van der Waals surface area contributed by atoms with E-state index < -0.39 is 0 Å². The summed E-state index contributed by atoms with van der Waals surface area (Å²) in [6.45, 7) is 8.27. The Hall–Kier alpha value is -1.02. The van der Waals surface area contributed by atoms with Crippen molar-refractivity contribution in [3.63, 3.8) is 0 Å². The summed E-state index contributed by atoms with van der Waals surface area (Å²) in [6, 6.07) is 8.42. The molecule has 1 atom stereocenters. The molecule has 1 aromatic carbocycles. The zero-order valence-corrected chi connectivity index (χ0v) is 10.3. The van der Waals surface area contributed by atoms with Gasteiger partial charge in [0.2, 0.25) is 0 Å². The molecule has 0 aromatic heterocycles. The van der Waals surface area contributed by atoms with Crippen molar-refractivity contribution in [2.24, 2.45) is 0 Å².